The number of likely N-dealkylation sites (tertiary alicyclic amines) is 1. The van der Waals surface area contributed by atoms with Crippen LogP contribution in [0.3, 0.4) is 0 Å². The standard InChI is InChI=1S/C31H35FN4O5/c1-18(2)30-28(41-21(5)38)15-27(23-7-6-8-25(32)14-23)36(30)29(39)16-35(17-37)26-10-9-22(19(3)11-26)13-24-12-20(4)33-34-31(24)40/h6-12,14,17-18,27-28,30H,13,15-16H2,1-5H3,(H,34,40)/t27-,28+,30-/m0/s1. The minimum atomic E-state index is -0.573. The van der Waals surface area contributed by atoms with E-state index in [0.29, 0.717) is 41.8 Å². The topological polar surface area (TPSA) is 113 Å². The molecule has 1 aromatic heterocycles. The summed E-state index contributed by atoms with van der Waals surface area (Å²) < 4.78 is 19.8. The summed E-state index contributed by atoms with van der Waals surface area (Å²) in [4.78, 5) is 53.2. The fourth-order valence-corrected chi connectivity index (χ4v) is 5.66. The fraction of sp³-hybridized carbons (Fsp3) is 0.387. The Balaban J connectivity index is 1.61. The van der Waals surface area contributed by atoms with Gasteiger partial charge in [0.25, 0.3) is 5.56 Å². The van der Waals surface area contributed by atoms with Crippen LogP contribution < -0.4 is 10.5 Å². The zero-order valence-corrected chi connectivity index (χ0v) is 23.9. The number of halogens is 1. The van der Waals surface area contributed by atoms with E-state index < -0.39 is 30.0 Å². The summed E-state index contributed by atoms with van der Waals surface area (Å²) in [6.45, 7) is 8.61. The first-order valence-electron chi connectivity index (χ1n) is 13.6. The second-order valence-electron chi connectivity index (χ2n) is 10.9. The van der Waals surface area contributed by atoms with Gasteiger partial charge in [0, 0.05) is 31.0 Å². The van der Waals surface area contributed by atoms with Crippen molar-refractivity contribution in [2.45, 2.75) is 65.6 Å². The summed E-state index contributed by atoms with van der Waals surface area (Å²) in [5.41, 5.74) is 3.89. The van der Waals surface area contributed by atoms with Gasteiger partial charge in [0.15, 0.2) is 0 Å². The van der Waals surface area contributed by atoms with Crippen molar-refractivity contribution < 1.29 is 23.5 Å². The summed E-state index contributed by atoms with van der Waals surface area (Å²) >= 11 is 0. The number of aromatic nitrogens is 2. The maximum atomic E-state index is 14.2. The second-order valence-corrected chi connectivity index (χ2v) is 10.9. The van der Waals surface area contributed by atoms with Crippen LogP contribution in [0.4, 0.5) is 10.1 Å². The first kappa shape index (κ1) is 29.6. The zero-order chi connectivity index (χ0) is 29.8. The number of nitrogens with zero attached hydrogens (tertiary/aromatic N) is 3. The van der Waals surface area contributed by atoms with E-state index in [1.54, 1.807) is 42.2 Å². The Morgan fingerprint density at radius 2 is 1.93 bits per heavy atom. The molecule has 1 fully saturated rings. The van der Waals surface area contributed by atoms with E-state index in [1.807, 2.05) is 26.8 Å². The van der Waals surface area contributed by atoms with Crippen molar-refractivity contribution in [2.24, 2.45) is 5.92 Å². The Morgan fingerprint density at radius 3 is 2.56 bits per heavy atom. The molecule has 1 N–H and O–H groups in total. The van der Waals surface area contributed by atoms with Crippen LogP contribution in [0, 0.1) is 25.6 Å². The smallest absolute Gasteiger partial charge is 0.302 e. The normalized spacial score (nSPS) is 18.4. The molecular weight excluding hydrogens is 527 g/mol. The Morgan fingerprint density at radius 1 is 1.17 bits per heavy atom. The van der Waals surface area contributed by atoms with E-state index in [9.17, 15) is 23.6 Å². The van der Waals surface area contributed by atoms with Gasteiger partial charge < -0.3 is 14.5 Å². The van der Waals surface area contributed by atoms with E-state index >= 15 is 0 Å². The molecule has 0 aliphatic carbocycles. The number of benzene rings is 2. The molecule has 41 heavy (non-hydrogen) atoms. The number of nitrogens with one attached hydrogen (secondary N) is 1. The van der Waals surface area contributed by atoms with E-state index in [0.717, 1.165) is 11.1 Å². The number of aryl methyl sites for hydroxylation is 2. The molecule has 0 spiro atoms. The van der Waals surface area contributed by atoms with Crippen molar-refractivity contribution in [1.29, 1.82) is 0 Å². The number of anilines is 1. The van der Waals surface area contributed by atoms with Crippen molar-refractivity contribution in [1.82, 2.24) is 15.1 Å². The van der Waals surface area contributed by atoms with Crippen LogP contribution in [0.2, 0.25) is 0 Å². The van der Waals surface area contributed by atoms with Crippen LogP contribution in [0.1, 0.15) is 61.2 Å². The second kappa shape index (κ2) is 12.4. The Hall–Kier alpha value is -4.34. The monoisotopic (exact) mass is 562 g/mol. The van der Waals surface area contributed by atoms with Crippen molar-refractivity contribution in [3.63, 3.8) is 0 Å². The third-order valence-electron chi connectivity index (χ3n) is 7.50. The number of esters is 1. The van der Waals surface area contributed by atoms with Crippen molar-refractivity contribution in [3.05, 3.63) is 92.6 Å². The van der Waals surface area contributed by atoms with Gasteiger partial charge in [-0.3, -0.25) is 19.2 Å². The highest BCUT2D eigenvalue weighted by Gasteiger charge is 2.47. The van der Waals surface area contributed by atoms with Gasteiger partial charge in [-0.2, -0.15) is 5.10 Å². The van der Waals surface area contributed by atoms with Gasteiger partial charge in [0.2, 0.25) is 12.3 Å². The summed E-state index contributed by atoms with van der Waals surface area (Å²) in [6.07, 6.45) is 0.738. The van der Waals surface area contributed by atoms with Gasteiger partial charge in [-0.1, -0.05) is 32.0 Å². The predicted molar refractivity (Wildman–Crippen MR) is 152 cm³/mol. The third kappa shape index (κ3) is 6.70. The lowest BCUT2D eigenvalue weighted by Gasteiger charge is -2.35. The molecule has 0 bridgehead atoms. The number of aromatic amines is 1. The largest absolute Gasteiger partial charge is 0.460 e. The summed E-state index contributed by atoms with van der Waals surface area (Å²) in [5, 5.41) is 6.40. The molecule has 0 radical (unpaired) electrons. The molecule has 3 aromatic rings. The predicted octanol–water partition coefficient (Wildman–Crippen LogP) is 4.01. The van der Waals surface area contributed by atoms with Gasteiger partial charge in [0.05, 0.1) is 17.8 Å². The number of ether oxygens (including phenoxy) is 1. The molecule has 0 saturated carbocycles. The molecule has 2 amide bonds. The molecule has 2 heterocycles. The average molecular weight is 563 g/mol. The van der Waals surface area contributed by atoms with Crippen LogP contribution in [-0.2, 0) is 25.5 Å². The first-order chi connectivity index (χ1) is 19.5. The highest BCUT2D eigenvalue weighted by atomic mass is 19.1. The highest BCUT2D eigenvalue weighted by Crippen LogP contribution is 2.41. The van der Waals surface area contributed by atoms with Gasteiger partial charge in [0.1, 0.15) is 18.5 Å². The van der Waals surface area contributed by atoms with E-state index in [2.05, 4.69) is 10.2 Å². The lowest BCUT2D eigenvalue weighted by molar-refractivity contribution is -0.150. The molecule has 4 rings (SSSR count). The van der Waals surface area contributed by atoms with Gasteiger partial charge in [-0.15, -0.1) is 0 Å². The maximum Gasteiger partial charge on any atom is 0.302 e. The molecule has 0 unspecified atom stereocenters. The highest BCUT2D eigenvalue weighted by molar-refractivity contribution is 5.89. The molecule has 1 saturated heterocycles. The average Bonchev–Trinajstić information content (AvgIpc) is 3.29. The lowest BCUT2D eigenvalue weighted by Crippen LogP contribution is -2.48. The minimum Gasteiger partial charge on any atom is -0.460 e. The van der Waals surface area contributed by atoms with E-state index in [4.69, 9.17) is 4.74 Å². The number of hydrogen-bond acceptors (Lipinski definition) is 6. The van der Waals surface area contributed by atoms with Crippen LogP contribution in [0.25, 0.3) is 0 Å². The van der Waals surface area contributed by atoms with Gasteiger partial charge in [-0.25, -0.2) is 9.49 Å². The number of carbonyl (C=O) groups excluding carboxylic acids is 3. The Bertz CT molecular complexity index is 1500. The van der Waals surface area contributed by atoms with E-state index in [1.165, 1.54) is 24.0 Å². The van der Waals surface area contributed by atoms with Gasteiger partial charge in [-0.05, 0) is 66.8 Å². The molecule has 9 nitrogen and oxygen atoms in total. The molecule has 1 aliphatic heterocycles. The third-order valence-corrected chi connectivity index (χ3v) is 7.50. The SMILES string of the molecule is CC(=O)O[C@@H]1C[C@@H](c2cccc(F)c2)N(C(=O)CN(C=O)c2ccc(Cc3cc(C)n[nH]c3=O)c(C)c2)[C@H]1C(C)C. The van der Waals surface area contributed by atoms with Crippen LogP contribution >= 0.6 is 0 Å². The first-order valence-corrected chi connectivity index (χ1v) is 13.6. The maximum absolute atomic E-state index is 14.2. The van der Waals surface area contributed by atoms with E-state index in [-0.39, 0.29) is 23.9 Å². The molecule has 2 aromatic carbocycles. The Labute approximate surface area is 238 Å². The summed E-state index contributed by atoms with van der Waals surface area (Å²) in [5.74, 6) is -1.31. The fourth-order valence-electron chi connectivity index (χ4n) is 5.66. The van der Waals surface area contributed by atoms with Crippen LogP contribution in [0.5, 0.6) is 0 Å². The summed E-state index contributed by atoms with van der Waals surface area (Å²) in [6, 6.07) is 12.2. The zero-order valence-electron chi connectivity index (χ0n) is 23.9. The quantitative estimate of drug-likeness (QED) is 0.312. The lowest BCUT2D eigenvalue weighted by atomic mass is 9.98. The number of H-pyrrole nitrogens is 1. The molecule has 10 heteroatoms. The van der Waals surface area contributed by atoms with Crippen molar-refractivity contribution in [3.8, 4) is 0 Å². The molecule has 3 atom stereocenters. The van der Waals surface area contributed by atoms with Crippen LogP contribution in [0.15, 0.2) is 53.3 Å². The van der Waals surface area contributed by atoms with Gasteiger partial charge >= 0.3 is 5.97 Å². The number of carbonyl (C=O) groups is 3. The summed E-state index contributed by atoms with van der Waals surface area (Å²) in [7, 11) is 0. The Kier molecular flexibility index (Phi) is 9.00. The minimum absolute atomic E-state index is 0.0759. The van der Waals surface area contributed by atoms with Crippen LogP contribution in [-0.4, -0.2) is 52.1 Å². The number of amides is 2. The molecule has 1 aliphatic rings. The number of rotatable bonds is 9. The molecule has 216 valence electrons. The van der Waals surface area contributed by atoms with Crippen molar-refractivity contribution >= 4 is 24.0 Å². The number of hydrogen-bond donors (Lipinski definition) is 1. The van der Waals surface area contributed by atoms with Crippen molar-refractivity contribution in [2.75, 3.05) is 11.4 Å². The molecular formula is C31H35FN4O5.